The monoisotopic (exact) mass is 352 g/mol. The Morgan fingerprint density at radius 3 is 2.08 bits per heavy atom. The molecule has 0 aromatic heterocycles. The average molecular weight is 352 g/mol. The zero-order valence-corrected chi connectivity index (χ0v) is 13.4. The van der Waals surface area contributed by atoms with Gasteiger partial charge in [0, 0.05) is 0 Å². The van der Waals surface area contributed by atoms with E-state index in [4.69, 9.17) is 9.47 Å². The Morgan fingerprint density at radius 1 is 1.00 bits per heavy atom. The summed E-state index contributed by atoms with van der Waals surface area (Å²) < 4.78 is 48.0. The summed E-state index contributed by atoms with van der Waals surface area (Å²) in [5, 5.41) is 9.44. The van der Waals surface area contributed by atoms with E-state index in [1.807, 2.05) is 0 Å². The number of carboxylic acids is 1. The highest BCUT2D eigenvalue weighted by molar-refractivity contribution is 6.20. The summed E-state index contributed by atoms with van der Waals surface area (Å²) in [4.78, 5) is 11.6. The van der Waals surface area contributed by atoms with Crippen LogP contribution in [0.5, 0.6) is 11.5 Å². The van der Waals surface area contributed by atoms with Gasteiger partial charge in [0.15, 0.2) is 11.5 Å². The van der Waals surface area contributed by atoms with Crippen molar-refractivity contribution in [3.05, 3.63) is 59.2 Å². The Hall–Kier alpha value is -2.96. The molecule has 2 aromatic carbocycles. The van der Waals surface area contributed by atoms with Gasteiger partial charge in [0.25, 0.3) is 0 Å². The number of ether oxygens (including phenoxy) is 2. The molecule has 0 aliphatic heterocycles. The molecule has 0 aliphatic carbocycles. The second-order valence-corrected chi connectivity index (χ2v) is 5.05. The number of methoxy groups -OCH3 is 2. The number of carboxylic acid groups (broad SMARTS) is 1. The predicted octanol–water partition coefficient (Wildman–Crippen LogP) is 4.35. The molecule has 0 aliphatic rings. The highest BCUT2D eigenvalue weighted by Crippen LogP contribution is 2.32. The maximum Gasteiger partial charge on any atom is 0.416 e. The molecule has 2 aromatic rings. The van der Waals surface area contributed by atoms with E-state index in [1.165, 1.54) is 44.6 Å². The summed E-state index contributed by atoms with van der Waals surface area (Å²) in [5.74, 6) is -0.433. The summed E-state index contributed by atoms with van der Waals surface area (Å²) in [6, 6.07) is 8.81. The predicted molar refractivity (Wildman–Crippen MR) is 86.5 cm³/mol. The summed E-state index contributed by atoms with van der Waals surface area (Å²) >= 11 is 0. The summed E-state index contributed by atoms with van der Waals surface area (Å²) in [6.45, 7) is 0. The average Bonchev–Trinajstić information content (AvgIpc) is 2.58. The number of hydrogen-bond donors (Lipinski definition) is 1. The Bertz CT molecular complexity index is 793. The first kappa shape index (κ1) is 18.4. The van der Waals surface area contributed by atoms with E-state index >= 15 is 0 Å². The minimum absolute atomic E-state index is 0.0827. The number of aliphatic carboxylic acids is 1. The maximum absolute atomic E-state index is 12.6. The van der Waals surface area contributed by atoms with Crippen LogP contribution in [0.15, 0.2) is 42.5 Å². The number of halogens is 3. The minimum atomic E-state index is -4.44. The van der Waals surface area contributed by atoms with Crippen LogP contribution in [0.25, 0.3) is 11.6 Å². The molecule has 7 heteroatoms. The molecule has 0 fully saturated rings. The Morgan fingerprint density at radius 2 is 1.60 bits per heavy atom. The van der Waals surface area contributed by atoms with Crippen LogP contribution >= 0.6 is 0 Å². The molecule has 0 bridgehead atoms. The molecule has 0 saturated carbocycles. The fourth-order valence-corrected chi connectivity index (χ4v) is 2.21. The number of hydrogen-bond acceptors (Lipinski definition) is 3. The lowest BCUT2D eigenvalue weighted by molar-refractivity contribution is -0.137. The van der Waals surface area contributed by atoms with Crippen LogP contribution in [-0.2, 0) is 11.0 Å². The summed E-state index contributed by atoms with van der Waals surface area (Å²) in [5.41, 5.74) is -0.210. The van der Waals surface area contributed by atoms with Gasteiger partial charge in [-0.15, -0.1) is 0 Å². The van der Waals surface area contributed by atoms with Crippen molar-refractivity contribution < 1.29 is 32.5 Å². The van der Waals surface area contributed by atoms with Crippen molar-refractivity contribution in [1.29, 1.82) is 0 Å². The second-order valence-electron chi connectivity index (χ2n) is 5.05. The first-order valence-electron chi connectivity index (χ1n) is 7.11. The molecule has 0 unspecified atom stereocenters. The highest BCUT2D eigenvalue weighted by Gasteiger charge is 2.29. The van der Waals surface area contributed by atoms with Crippen molar-refractivity contribution in [2.75, 3.05) is 14.2 Å². The molecule has 1 N–H and O–H groups in total. The van der Waals surface area contributed by atoms with Crippen LogP contribution in [-0.4, -0.2) is 25.3 Å². The van der Waals surface area contributed by atoms with Gasteiger partial charge in [0.1, 0.15) is 0 Å². The van der Waals surface area contributed by atoms with E-state index < -0.39 is 17.7 Å². The van der Waals surface area contributed by atoms with Gasteiger partial charge in [-0.1, -0.05) is 18.2 Å². The van der Waals surface area contributed by atoms with Gasteiger partial charge in [-0.05, 0) is 41.5 Å². The third-order valence-corrected chi connectivity index (χ3v) is 3.47. The van der Waals surface area contributed by atoms with Gasteiger partial charge in [-0.2, -0.15) is 13.2 Å². The largest absolute Gasteiger partial charge is 0.493 e. The van der Waals surface area contributed by atoms with E-state index in [1.54, 1.807) is 6.07 Å². The summed E-state index contributed by atoms with van der Waals surface area (Å²) in [6.07, 6.45) is -3.15. The number of carbonyl (C=O) groups is 1. The van der Waals surface area contributed by atoms with Crippen molar-refractivity contribution in [1.82, 2.24) is 0 Å². The van der Waals surface area contributed by atoms with Crippen LogP contribution in [0.1, 0.15) is 16.7 Å². The zero-order chi connectivity index (χ0) is 18.6. The second kappa shape index (κ2) is 7.29. The topological polar surface area (TPSA) is 55.8 Å². The van der Waals surface area contributed by atoms with Crippen molar-refractivity contribution in [2.45, 2.75) is 6.18 Å². The quantitative estimate of drug-likeness (QED) is 0.642. The first-order valence-corrected chi connectivity index (χ1v) is 7.11. The standard InChI is InChI=1S/C18H15F3O4/c1-24-15-8-5-12(10-16(15)25-2)14(17(22)23)9-11-3-6-13(7-4-11)18(19,20)21/h3-10H,1-2H3,(H,22,23). The van der Waals surface area contributed by atoms with E-state index in [0.29, 0.717) is 22.6 Å². The van der Waals surface area contributed by atoms with Crippen molar-refractivity contribution >= 4 is 17.6 Å². The van der Waals surface area contributed by atoms with Gasteiger partial charge in [-0.3, -0.25) is 0 Å². The number of rotatable bonds is 5. The van der Waals surface area contributed by atoms with Crippen LogP contribution in [0.2, 0.25) is 0 Å². The maximum atomic E-state index is 12.6. The first-order chi connectivity index (χ1) is 11.8. The molecular weight excluding hydrogens is 337 g/mol. The van der Waals surface area contributed by atoms with E-state index in [-0.39, 0.29) is 5.57 Å². The molecule has 0 radical (unpaired) electrons. The molecule has 25 heavy (non-hydrogen) atoms. The van der Waals surface area contributed by atoms with Gasteiger partial charge in [0.05, 0.1) is 25.4 Å². The lowest BCUT2D eigenvalue weighted by Gasteiger charge is -2.10. The third-order valence-electron chi connectivity index (χ3n) is 3.47. The molecule has 2 rings (SSSR count). The molecule has 132 valence electrons. The van der Waals surface area contributed by atoms with E-state index in [2.05, 4.69) is 0 Å². The van der Waals surface area contributed by atoms with Crippen LogP contribution in [0.3, 0.4) is 0 Å². The van der Waals surface area contributed by atoms with Crippen LogP contribution in [0.4, 0.5) is 13.2 Å². The van der Waals surface area contributed by atoms with Crippen molar-refractivity contribution in [3.8, 4) is 11.5 Å². The zero-order valence-electron chi connectivity index (χ0n) is 13.4. The lowest BCUT2D eigenvalue weighted by Crippen LogP contribution is -2.04. The Kier molecular flexibility index (Phi) is 5.36. The molecular formula is C18H15F3O4. The molecule has 0 heterocycles. The number of alkyl halides is 3. The van der Waals surface area contributed by atoms with Crippen molar-refractivity contribution in [2.24, 2.45) is 0 Å². The number of benzene rings is 2. The van der Waals surface area contributed by atoms with Gasteiger partial charge in [0.2, 0.25) is 0 Å². The van der Waals surface area contributed by atoms with E-state index in [9.17, 15) is 23.1 Å². The highest BCUT2D eigenvalue weighted by atomic mass is 19.4. The Balaban J connectivity index is 2.44. The molecule has 0 saturated heterocycles. The molecule has 0 amide bonds. The molecule has 0 spiro atoms. The Labute approximate surface area is 142 Å². The van der Waals surface area contributed by atoms with Gasteiger partial charge >= 0.3 is 12.1 Å². The van der Waals surface area contributed by atoms with Crippen molar-refractivity contribution in [3.63, 3.8) is 0 Å². The molecule has 4 nitrogen and oxygen atoms in total. The minimum Gasteiger partial charge on any atom is -0.493 e. The fraction of sp³-hybridized carbons (Fsp3) is 0.167. The fourth-order valence-electron chi connectivity index (χ4n) is 2.21. The lowest BCUT2D eigenvalue weighted by atomic mass is 10.0. The van der Waals surface area contributed by atoms with E-state index in [0.717, 1.165) is 12.1 Å². The van der Waals surface area contributed by atoms with Crippen LogP contribution < -0.4 is 9.47 Å². The third kappa shape index (κ3) is 4.32. The smallest absolute Gasteiger partial charge is 0.416 e. The molecule has 0 atom stereocenters. The van der Waals surface area contributed by atoms with Gasteiger partial charge in [-0.25, -0.2) is 4.79 Å². The normalized spacial score (nSPS) is 12.0. The van der Waals surface area contributed by atoms with Gasteiger partial charge < -0.3 is 14.6 Å². The van der Waals surface area contributed by atoms with Crippen LogP contribution in [0, 0.1) is 0 Å². The SMILES string of the molecule is COc1ccc(C(=Cc2ccc(C(F)(F)F)cc2)C(=O)O)cc1OC. The summed E-state index contributed by atoms with van der Waals surface area (Å²) in [7, 11) is 2.87.